The molecule has 1 aliphatic rings. The molecule has 88 valence electrons. The lowest BCUT2D eigenvalue weighted by atomic mass is 10.0. The number of allylic oxidation sites excluding steroid dienone is 5. The molecule has 0 spiro atoms. The fraction of sp³-hybridized carbons (Fsp3) is 0.143. The lowest BCUT2D eigenvalue weighted by Crippen LogP contribution is -1.92. The van der Waals surface area contributed by atoms with Gasteiger partial charge in [0, 0.05) is 17.0 Å². The molecule has 0 radical (unpaired) electrons. The fourth-order valence-corrected chi connectivity index (χ4v) is 1.75. The van der Waals surface area contributed by atoms with E-state index >= 15 is 0 Å². The predicted molar refractivity (Wildman–Crippen MR) is 67.0 cm³/mol. The number of benzene rings is 1. The summed E-state index contributed by atoms with van der Waals surface area (Å²) in [4.78, 5) is 0. The lowest BCUT2D eigenvalue weighted by molar-refractivity contribution is 0.547. The van der Waals surface area contributed by atoms with Crippen molar-refractivity contribution in [3.05, 3.63) is 64.2 Å². The van der Waals surface area contributed by atoms with Crippen molar-refractivity contribution in [2.45, 2.75) is 12.8 Å². The molecular formula is C14H11ClF2. The molecule has 1 aliphatic carbocycles. The molecule has 0 aliphatic heterocycles. The molecule has 0 heterocycles. The molecule has 3 heteroatoms. The Balaban J connectivity index is 2.21. The van der Waals surface area contributed by atoms with Crippen LogP contribution < -0.4 is 0 Å². The van der Waals surface area contributed by atoms with E-state index in [1.165, 1.54) is 12.2 Å². The Bertz CT molecular complexity index is 495. The summed E-state index contributed by atoms with van der Waals surface area (Å²) in [7, 11) is 0. The summed E-state index contributed by atoms with van der Waals surface area (Å²) in [6, 6.07) is 7.06. The second kappa shape index (κ2) is 5.28. The average Bonchev–Trinajstić information content (AvgIpc) is 2.31. The van der Waals surface area contributed by atoms with Gasteiger partial charge in [-0.25, -0.2) is 8.78 Å². The molecule has 0 atom stereocenters. The van der Waals surface area contributed by atoms with Gasteiger partial charge in [-0.15, -0.1) is 0 Å². The molecular weight excluding hydrogens is 242 g/mol. The Hall–Kier alpha value is -1.41. The Kier molecular flexibility index (Phi) is 3.75. The molecule has 0 aromatic heterocycles. The molecule has 17 heavy (non-hydrogen) atoms. The van der Waals surface area contributed by atoms with E-state index in [1.807, 2.05) is 0 Å². The van der Waals surface area contributed by atoms with E-state index in [9.17, 15) is 8.78 Å². The highest BCUT2D eigenvalue weighted by atomic mass is 35.5. The Morgan fingerprint density at radius 1 is 1.06 bits per heavy atom. The van der Waals surface area contributed by atoms with Crippen LogP contribution >= 0.6 is 11.6 Å². The third-order valence-electron chi connectivity index (χ3n) is 2.55. The van der Waals surface area contributed by atoms with Gasteiger partial charge in [0.15, 0.2) is 0 Å². The first-order chi connectivity index (χ1) is 8.16. The number of rotatable bonds is 2. The minimum absolute atomic E-state index is 0.0474. The number of hydrogen-bond donors (Lipinski definition) is 0. The van der Waals surface area contributed by atoms with E-state index in [4.69, 9.17) is 11.6 Å². The molecule has 0 N–H and O–H groups in total. The van der Waals surface area contributed by atoms with Gasteiger partial charge < -0.3 is 0 Å². The third kappa shape index (κ3) is 3.04. The highest BCUT2D eigenvalue weighted by molar-refractivity contribution is 6.30. The molecule has 2 rings (SSSR count). The SMILES string of the molecule is FC1=CCCC(F)=C1C=Cc1ccc(Cl)cc1. The van der Waals surface area contributed by atoms with Crippen molar-refractivity contribution in [2.75, 3.05) is 0 Å². The zero-order valence-electron chi connectivity index (χ0n) is 9.09. The summed E-state index contributed by atoms with van der Waals surface area (Å²) in [6.45, 7) is 0. The predicted octanol–water partition coefficient (Wildman–Crippen LogP) is 5.22. The van der Waals surface area contributed by atoms with Crippen LogP contribution in [0.15, 0.2) is 53.6 Å². The van der Waals surface area contributed by atoms with Crippen molar-refractivity contribution in [1.82, 2.24) is 0 Å². The minimum atomic E-state index is -0.487. The van der Waals surface area contributed by atoms with Crippen molar-refractivity contribution < 1.29 is 8.78 Å². The van der Waals surface area contributed by atoms with E-state index in [0.717, 1.165) is 5.56 Å². The van der Waals surface area contributed by atoms with Crippen LogP contribution in [0.4, 0.5) is 8.78 Å². The summed E-state index contributed by atoms with van der Waals surface area (Å²) in [6.07, 6.45) is 5.24. The normalized spacial score (nSPS) is 16.5. The van der Waals surface area contributed by atoms with Gasteiger partial charge in [0.1, 0.15) is 11.7 Å². The maximum absolute atomic E-state index is 13.4. The highest BCUT2D eigenvalue weighted by Gasteiger charge is 2.13. The Morgan fingerprint density at radius 2 is 1.76 bits per heavy atom. The summed E-state index contributed by atoms with van der Waals surface area (Å²) in [5.41, 5.74) is 0.902. The lowest BCUT2D eigenvalue weighted by Gasteiger charge is -2.08. The number of hydrogen-bond acceptors (Lipinski definition) is 0. The average molecular weight is 253 g/mol. The van der Waals surface area contributed by atoms with Crippen LogP contribution in [-0.4, -0.2) is 0 Å². The van der Waals surface area contributed by atoms with Crippen LogP contribution in [-0.2, 0) is 0 Å². The summed E-state index contributed by atoms with van der Waals surface area (Å²) < 4.78 is 26.7. The van der Waals surface area contributed by atoms with Gasteiger partial charge in [-0.05, 0) is 36.3 Å². The molecule has 1 aromatic carbocycles. The van der Waals surface area contributed by atoms with Crippen LogP contribution in [0.2, 0.25) is 5.02 Å². The van der Waals surface area contributed by atoms with Crippen LogP contribution in [0.5, 0.6) is 0 Å². The van der Waals surface area contributed by atoms with Crippen molar-refractivity contribution in [3.8, 4) is 0 Å². The van der Waals surface area contributed by atoms with Crippen molar-refractivity contribution >= 4 is 17.7 Å². The van der Waals surface area contributed by atoms with Gasteiger partial charge in [-0.3, -0.25) is 0 Å². The Labute approximate surface area is 104 Å². The maximum Gasteiger partial charge on any atom is 0.129 e. The molecule has 0 fully saturated rings. The smallest absolute Gasteiger partial charge is 0.129 e. The van der Waals surface area contributed by atoms with Crippen LogP contribution in [0.1, 0.15) is 18.4 Å². The first-order valence-corrected chi connectivity index (χ1v) is 5.73. The largest absolute Gasteiger partial charge is 0.211 e. The van der Waals surface area contributed by atoms with E-state index in [-0.39, 0.29) is 12.0 Å². The van der Waals surface area contributed by atoms with Crippen molar-refractivity contribution in [1.29, 1.82) is 0 Å². The van der Waals surface area contributed by atoms with E-state index in [1.54, 1.807) is 30.3 Å². The second-order valence-electron chi connectivity index (χ2n) is 3.79. The first kappa shape index (κ1) is 12.1. The molecule has 0 nitrogen and oxygen atoms in total. The van der Waals surface area contributed by atoms with Gasteiger partial charge in [-0.2, -0.15) is 0 Å². The standard InChI is InChI=1S/C14H11ClF2/c15-11-7-4-10(5-8-11)6-9-12-13(16)2-1-3-14(12)17/h2,4-9H,1,3H2. The van der Waals surface area contributed by atoms with Gasteiger partial charge >= 0.3 is 0 Å². The van der Waals surface area contributed by atoms with Gasteiger partial charge in [-0.1, -0.05) is 29.8 Å². The van der Waals surface area contributed by atoms with E-state index in [0.29, 0.717) is 11.4 Å². The molecule has 0 bridgehead atoms. The van der Waals surface area contributed by atoms with E-state index in [2.05, 4.69) is 0 Å². The monoisotopic (exact) mass is 252 g/mol. The fourth-order valence-electron chi connectivity index (χ4n) is 1.62. The van der Waals surface area contributed by atoms with Crippen LogP contribution in [0, 0.1) is 0 Å². The zero-order chi connectivity index (χ0) is 12.3. The van der Waals surface area contributed by atoms with Crippen LogP contribution in [0.25, 0.3) is 6.08 Å². The molecule has 0 saturated heterocycles. The van der Waals surface area contributed by atoms with Crippen molar-refractivity contribution in [3.63, 3.8) is 0 Å². The topological polar surface area (TPSA) is 0 Å². The molecule has 0 unspecified atom stereocenters. The van der Waals surface area contributed by atoms with Crippen molar-refractivity contribution in [2.24, 2.45) is 0 Å². The summed E-state index contributed by atoms with van der Waals surface area (Å²) in [5, 5.41) is 0.635. The summed E-state index contributed by atoms with van der Waals surface area (Å²) in [5.74, 6) is -0.880. The first-order valence-electron chi connectivity index (χ1n) is 5.35. The van der Waals surface area contributed by atoms with Gasteiger partial charge in [0.2, 0.25) is 0 Å². The minimum Gasteiger partial charge on any atom is -0.211 e. The number of halogens is 3. The van der Waals surface area contributed by atoms with Crippen LogP contribution in [0.3, 0.4) is 0 Å². The highest BCUT2D eigenvalue weighted by Crippen LogP contribution is 2.28. The zero-order valence-corrected chi connectivity index (χ0v) is 9.85. The summed E-state index contributed by atoms with van der Waals surface area (Å²) >= 11 is 5.74. The maximum atomic E-state index is 13.4. The molecule has 0 saturated carbocycles. The molecule has 1 aromatic rings. The third-order valence-corrected chi connectivity index (χ3v) is 2.80. The van der Waals surface area contributed by atoms with Gasteiger partial charge in [0.05, 0.1) is 0 Å². The second-order valence-corrected chi connectivity index (χ2v) is 4.23. The Morgan fingerprint density at radius 3 is 2.41 bits per heavy atom. The van der Waals surface area contributed by atoms with E-state index < -0.39 is 11.7 Å². The molecule has 0 amide bonds. The quantitative estimate of drug-likeness (QED) is 0.677. The van der Waals surface area contributed by atoms with Gasteiger partial charge in [0.25, 0.3) is 0 Å².